The van der Waals surface area contributed by atoms with Gasteiger partial charge in [0, 0.05) is 32.5 Å². The number of unbranched alkanes of at least 4 members (excludes halogenated alkanes) is 12. The topological polar surface area (TPSA) is 67.9 Å². The van der Waals surface area contributed by atoms with Gasteiger partial charge in [-0.1, -0.05) is 127 Å². The van der Waals surface area contributed by atoms with E-state index in [-0.39, 0.29) is 11.9 Å². The Morgan fingerprint density at radius 1 is 0.630 bits per heavy atom. The number of hydrogen-bond donors (Lipinski definition) is 1. The zero-order chi connectivity index (χ0) is 33.8. The number of likely N-dealkylation sites (N-methyl/N-ethyl adjacent to an activating group) is 2. The summed E-state index contributed by atoms with van der Waals surface area (Å²) in [5.74, 6) is 0.563. The molecule has 0 radical (unpaired) electrons. The van der Waals surface area contributed by atoms with Crippen LogP contribution in [-0.4, -0.2) is 63.8 Å². The van der Waals surface area contributed by atoms with Gasteiger partial charge in [-0.25, -0.2) is 0 Å². The van der Waals surface area contributed by atoms with E-state index in [4.69, 9.17) is 9.47 Å². The van der Waals surface area contributed by atoms with Gasteiger partial charge in [-0.05, 0) is 70.7 Å². The number of ether oxygens (including phenoxy) is 2. The molecule has 1 N–H and O–H groups in total. The molecule has 0 aliphatic heterocycles. The van der Waals surface area contributed by atoms with Crippen molar-refractivity contribution < 1.29 is 19.1 Å². The molecule has 0 rings (SSSR count). The summed E-state index contributed by atoms with van der Waals surface area (Å²) < 4.78 is 10.6. The molecule has 0 aliphatic rings. The fourth-order valence-electron chi connectivity index (χ4n) is 5.32. The fourth-order valence-corrected chi connectivity index (χ4v) is 5.32. The summed E-state index contributed by atoms with van der Waals surface area (Å²) in [6.07, 6.45) is 38.2. The van der Waals surface area contributed by atoms with E-state index < -0.39 is 0 Å². The smallest absolute Gasteiger partial charge is 0.306 e. The molecule has 0 spiro atoms. The second-order valence-corrected chi connectivity index (χ2v) is 12.7. The molecule has 0 saturated carbocycles. The molecule has 0 aliphatic carbocycles. The van der Waals surface area contributed by atoms with Crippen LogP contribution in [0, 0.1) is 5.92 Å². The molecule has 6 heteroatoms. The maximum atomic E-state index is 12.0. The quantitative estimate of drug-likeness (QED) is 0.0436. The third kappa shape index (κ3) is 33.2. The van der Waals surface area contributed by atoms with Crippen LogP contribution in [0.2, 0.25) is 0 Å². The molecule has 266 valence electrons. The first-order chi connectivity index (χ1) is 22.5. The number of carbonyl (C=O) groups excluding carboxylic acids is 2. The lowest BCUT2D eigenvalue weighted by Crippen LogP contribution is -2.31. The molecular formula is C40H72N2O4. The van der Waals surface area contributed by atoms with Crippen molar-refractivity contribution in [2.24, 2.45) is 5.92 Å². The van der Waals surface area contributed by atoms with E-state index in [9.17, 15) is 9.59 Å². The number of hydrogen-bond acceptors (Lipinski definition) is 6. The molecule has 0 amide bonds. The monoisotopic (exact) mass is 645 g/mol. The fraction of sp³-hybridized carbons (Fsp3) is 0.750. The lowest BCUT2D eigenvalue weighted by atomic mass is 9.93. The van der Waals surface area contributed by atoms with E-state index in [1.807, 2.05) is 43.5 Å². The van der Waals surface area contributed by atoms with Crippen molar-refractivity contribution in [3.05, 3.63) is 48.6 Å². The molecule has 0 aromatic rings. The van der Waals surface area contributed by atoms with E-state index in [1.165, 1.54) is 77.0 Å². The second kappa shape index (κ2) is 35.7. The Hall–Kier alpha value is -2.18. The minimum Gasteiger partial charge on any atom is -0.461 e. The van der Waals surface area contributed by atoms with Crippen molar-refractivity contribution in [1.82, 2.24) is 10.2 Å². The molecule has 0 heterocycles. The zero-order valence-corrected chi connectivity index (χ0v) is 30.5. The van der Waals surface area contributed by atoms with Crippen molar-refractivity contribution in [2.75, 3.05) is 46.9 Å². The lowest BCUT2D eigenvalue weighted by molar-refractivity contribution is -0.143. The summed E-state index contributed by atoms with van der Waals surface area (Å²) >= 11 is 0. The maximum Gasteiger partial charge on any atom is 0.306 e. The van der Waals surface area contributed by atoms with E-state index in [0.29, 0.717) is 26.1 Å². The van der Waals surface area contributed by atoms with Crippen LogP contribution in [0.4, 0.5) is 0 Å². The van der Waals surface area contributed by atoms with E-state index in [0.717, 1.165) is 64.1 Å². The first-order valence-electron chi connectivity index (χ1n) is 18.8. The van der Waals surface area contributed by atoms with Crippen LogP contribution in [0.3, 0.4) is 0 Å². The van der Waals surface area contributed by atoms with Gasteiger partial charge >= 0.3 is 11.9 Å². The number of esters is 2. The van der Waals surface area contributed by atoms with Gasteiger partial charge in [0.2, 0.25) is 0 Å². The van der Waals surface area contributed by atoms with Gasteiger partial charge in [0.1, 0.15) is 13.2 Å². The normalized spacial score (nSPS) is 12.2. The maximum absolute atomic E-state index is 12.0. The number of nitrogens with one attached hydrogen (secondary N) is 1. The minimum absolute atomic E-state index is 0.0849. The van der Waals surface area contributed by atoms with Gasteiger partial charge in [0.05, 0.1) is 0 Å². The molecule has 0 aromatic carbocycles. The van der Waals surface area contributed by atoms with E-state index in [2.05, 4.69) is 43.3 Å². The third-order valence-corrected chi connectivity index (χ3v) is 8.20. The Morgan fingerprint density at radius 3 is 1.52 bits per heavy atom. The van der Waals surface area contributed by atoms with Crippen LogP contribution >= 0.6 is 0 Å². The van der Waals surface area contributed by atoms with Gasteiger partial charge in [0.25, 0.3) is 0 Å². The van der Waals surface area contributed by atoms with Crippen LogP contribution < -0.4 is 5.32 Å². The third-order valence-electron chi connectivity index (χ3n) is 8.20. The van der Waals surface area contributed by atoms with Gasteiger partial charge in [-0.15, -0.1) is 0 Å². The molecule has 0 bridgehead atoms. The predicted molar refractivity (Wildman–Crippen MR) is 197 cm³/mol. The first kappa shape index (κ1) is 43.8. The molecule has 0 fully saturated rings. The van der Waals surface area contributed by atoms with Crippen LogP contribution in [-0.2, 0) is 19.1 Å². The molecule has 6 nitrogen and oxygen atoms in total. The standard InChI is InChI=1S/C40H72N2O4/c1-5-7-9-11-13-21-27-35-45-39(43)31-25-19-15-17-23-29-38(37-42(4)34-33-41-3)30-24-18-16-20-26-32-40(44)46-36-28-22-14-12-10-8-6-2/h11-14,21-22,27-28,38,41H,5-10,15-20,23-26,29-37H2,1-4H3/b13-11+,14-12+,27-21+,28-22+. The number of nitrogens with zero attached hydrogens (tertiary/aromatic N) is 1. The molecular weight excluding hydrogens is 572 g/mol. The summed E-state index contributed by atoms with van der Waals surface area (Å²) in [6.45, 7) is 8.38. The van der Waals surface area contributed by atoms with Gasteiger partial charge < -0.3 is 19.7 Å². The molecule has 0 unspecified atom stereocenters. The number of allylic oxidation sites excluding steroid dienone is 6. The number of rotatable bonds is 33. The molecule has 46 heavy (non-hydrogen) atoms. The van der Waals surface area contributed by atoms with Crippen LogP contribution in [0.15, 0.2) is 48.6 Å². The zero-order valence-electron chi connectivity index (χ0n) is 30.5. The largest absolute Gasteiger partial charge is 0.461 e. The summed E-state index contributed by atoms with van der Waals surface area (Å²) in [7, 11) is 4.25. The van der Waals surface area contributed by atoms with Gasteiger partial charge in [-0.3, -0.25) is 9.59 Å². The highest BCUT2D eigenvalue weighted by molar-refractivity contribution is 5.69. The van der Waals surface area contributed by atoms with Gasteiger partial charge in [-0.2, -0.15) is 0 Å². The van der Waals surface area contributed by atoms with Crippen molar-refractivity contribution >= 4 is 11.9 Å². The Balaban J connectivity index is 4.03. The molecule has 0 saturated heterocycles. The van der Waals surface area contributed by atoms with Crippen LogP contribution in [0.1, 0.15) is 142 Å². The van der Waals surface area contributed by atoms with Crippen molar-refractivity contribution in [1.29, 1.82) is 0 Å². The van der Waals surface area contributed by atoms with Crippen molar-refractivity contribution in [3.63, 3.8) is 0 Å². The summed E-state index contributed by atoms with van der Waals surface area (Å²) in [4.78, 5) is 26.4. The van der Waals surface area contributed by atoms with Crippen LogP contribution in [0.25, 0.3) is 0 Å². The first-order valence-corrected chi connectivity index (χ1v) is 18.8. The highest BCUT2D eigenvalue weighted by atomic mass is 16.5. The minimum atomic E-state index is -0.0849. The van der Waals surface area contributed by atoms with Crippen molar-refractivity contribution in [2.45, 2.75) is 142 Å². The van der Waals surface area contributed by atoms with Crippen molar-refractivity contribution in [3.8, 4) is 0 Å². The Morgan fingerprint density at radius 2 is 1.07 bits per heavy atom. The Kier molecular flexibility index (Phi) is 34.0. The SMILES string of the molecule is CCCC/C=C/C=C/COC(=O)CCCCCCCC(CCCCCCCC(=O)OC/C=C/C=C/CCCC)CN(C)CCNC. The average Bonchev–Trinajstić information content (AvgIpc) is 3.05. The predicted octanol–water partition coefficient (Wildman–Crippen LogP) is 9.91. The van der Waals surface area contributed by atoms with Gasteiger partial charge in [0.15, 0.2) is 0 Å². The van der Waals surface area contributed by atoms with Crippen LogP contribution in [0.5, 0.6) is 0 Å². The summed E-state index contributed by atoms with van der Waals surface area (Å²) in [5, 5.41) is 3.26. The molecule has 0 aromatic heterocycles. The summed E-state index contributed by atoms with van der Waals surface area (Å²) in [6, 6.07) is 0. The Labute approximate surface area is 284 Å². The Bertz CT molecular complexity index is 747. The summed E-state index contributed by atoms with van der Waals surface area (Å²) in [5.41, 5.74) is 0. The van der Waals surface area contributed by atoms with E-state index in [1.54, 1.807) is 0 Å². The highest BCUT2D eigenvalue weighted by Gasteiger charge is 2.12. The average molecular weight is 645 g/mol. The second-order valence-electron chi connectivity index (χ2n) is 12.7. The highest BCUT2D eigenvalue weighted by Crippen LogP contribution is 2.20. The lowest BCUT2D eigenvalue weighted by Gasteiger charge is -2.24. The number of carbonyl (C=O) groups is 2. The molecule has 0 atom stereocenters. The van der Waals surface area contributed by atoms with E-state index >= 15 is 0 Å².